The zero-order valence-corrected chi connectivity index (χ0v) is 25.1. The third-order valence-electron chi connectivity index (χ3n) is 8.02. The number of ether oxygens (including phenoxy) is 1. The van der Waals surface area contributed by atoms with Crippen LogP contribution in [0.5, 0.6) is 5.88 Å². The van der Waals surface area contributed by atoms with Crippen molar-refractivity contribution in [2.24, 2.45) is 0 Å². The average molecular weight is 599 g/mol. The summed E-state index contributed by atoms with van der Waals surface area (Å²) < 4.78 is 6.84. The van der Waals surface area contributed by atoms with Crippen LogP contribution >= 0.6 is 0 Å². The van der Waals surface area contributed by atoms with Gasteiger partial charge in [-0.25, -0.2) is 14.6 Å². The van der Waals surface area contributed by atoms with E-state index in [2.05, 4.69) is 27.2 Å². The minimum atomic E-state index is -0.723. The minimum Gasteiger partial charge on any atom is -0.481 e. The first-order valence-electron chi connectivity index (χ1n) is 14.9. The monoisotopic (exact) mass is 598 g/mol. The molecule has 1 atom stereocenters. The van der Waals surface area contributed by atoms with Gasteiger partial charge in [0.2, 0.25) is 17.7 Å². The van der Waals surface area contributed by atoms with E-state index in [0.29, 0.717) is 25.4 Å². The second-order valence-electron chi connectivity index (χ2n) is 10.9. The molecule has 9 nitrogen and oxygen atoms in total. The van der Waals surface area contributed by atoms with E-state index < -0.39 is 6.04 Å². The Morgan fingerprint density at radius 1 is 0.933 bits per heavy atom. The van der Waals surface area contributed by atoms with Crippen LogP contribution in [-0.2, 0) is 35.5 Å². The molecule has 9 heteroatoms. The molecule has 6 rings (SSSR count). The molecular formula is C36H34N6O3. The van der Waals surface area contributed by atoms with Gasteiger partial charge in [-0.05, 0) is 58.5 Å². The molecule has 0 spiro atoms. The van der Waals surface area contributed by atoms with E-state index in [9.17, 15) is 9.59 Å². The van der Waals surface area contributed by atoms with E-state index in [0.717, 1.165) is 34.4 Å². The van der Waals surface area contributed by atoms with Crippen LogP contribution in [0.3, 0.4) is 0 Å². The van der Waals surface area contributed by atoms with Crippen molar-refractivity contribution < 1.29 is 14.3 Å². The maximum Gasteiger partial charge on any atom is 0.247 e. The number of methoxy groups -OCH3 is 1. The second-order valence-corrected chi connectivity index (χ2v) is 10.9. The fourth-order valence-electron chi connectivity index (χ4n) is 5.57. The van der Waals surface area contributed by atoms with Gasteiger partial charge in [-0.3, -0.25) is 9.59 Å². The van der Waals surface area contributed by atoms with Gasteiger partial charge in [-0.2, -0.15) is 5.10 Å². The van der Waals surface area contributed by atoms with Gasteiger partial charge in [-0.1, -0.05) is 66.7 Å². The first-order valence-corrected chi connectivity index (χ1v) is 14.9. The fourth-order valence-corrected chi connectivity index (χ4v) is 5.57. The van der Waals surface area contributed by atoms with Crippen molar-refractivity contribution in [2.75, 3.05) is 13.7 Å². The van der Waals surface area contributed by atoms with Crippen LogP contribution in [0.25, 0.3) is 11.8 Å². The zero-order chi connectivity index (χ0) is 31.0. The molecule has 2 amide bonds. The summed E-state index contributed by atoms with van der Waals surface area (Å²) in [6.07, 6.45) is 9.17. The lowest BCUT2D eigenvalue weighted by Crippen LogP contribution is -2.52. The van der Waals surface area contributed by atoms with Crippen LogP contribution in [0.4, 0.5) is 0 Å². The Hall–Kier alpha value is -5.57. The Kier molecular flexibility index (Phi) is 9.06. The summed E-state index contributed by atoms with van der Waals surface area (Å²) in [5.74, 6) is 0.157. The molecule has 0 bridgehead atoms. The van der Waals surface area contributed by atoms with Gasteiger partial charge < -0.3 is 14.5 Å². The molecule has 1 aliphatic heterocycles. The predicted molar refractivity (Wildman–Crippen MR) is 171 cm³/mol. The van der Waals surface area contributed by atoms with E-state index >= 15 is 0 Å². The molecule has 0 N–H and O–H groups in total. The summed E-state index contributed by atoms with van der Waals surface area (Å²) in [4.78, 5) is 40.4. The molecule has 5 aromatic rings. The van der Waals surface area contributed by atoms with Gasteiger partial charge in [0, 0.05) is 44.4 Å². The number of nitrogens with zero attached hydrogens (tertiary/aromatic N) is 6. The van der Waals surface area contributed by atoms with Gasteiger partial charge in [0.05, 0.1) is 12.8 Å². The first-order chi connectivity index (χ1) is 22.1. The number of rotatable bonds is 10. The second kappa shape index (κ2) is 13.8. The maximum absolute atomic E-state index is 14.5. The molecule has 1 aliphatic rings. The molecule has 0 saturated carbocycles. The molecule has 0 saturated heterocycles. The molecule has 0 aliphatic carbocycles. The van der Waals surface area contributed by atoms with E-state index in [4.69, 9.17) is 4.74 Å². The van der Waals surface area contributed by atoms with Crippen LogP contribution in [-0.4, -0.2) is 61.1 Å². The van der Waals surface area contributed by atoms with Crippen molar-refractivity contribution in [2.45, 2.75) is 32.0 Å². The highest BCUT2D eigenvalue weighted by Crippen LogP contribution is 2.23. The molecule has 2 aromatic heterocycles. The lowest BCUT2D eigenvalue weighted by molar-refractivity contribution is -0.144. The summed E-state index contributed by atoms with van der Waals surface area (Å²) >= 11 is 0. The molecule has 226 valence electrons. The van der Waals surface area contributed by atoms with Crippen molar-refractivity contribution in [1.29, 1.82) is 0 Å². The number of amides is 2. The Morgan fingerprint density at radius 2 is 1.71 bits per heavy atom. The normalized spacial score (nSPS) is 13.3. The van der Waals surface area contributed by atoms with Crippen LogP contribution in [0.15, 0.2) is 116 Å². The largest absolute Gasteiger partial charge is 0.481 e. The van der Waals surface area contributed by atoms with E-state index in [-0.39, 0.29) is 18.4 Å². The van der Waals surface area contributed by atoms with Crippen LogP contribution < -0.4 is 4.74 Å². The zero-order valence-electron chi connectivity index (χ0n) is 25.1. The predicted octanol–water partition coefficient (Wildman–Crippen LogP) is 4.91. The lowest BCUT2D eigenvalue weighted by atomic mass is 9.97. The maximum atomic E-state index is 14.5. The Balaban J connectivity index is 1.33. The first kappa shape index (κ1) is 29.5. The highest BCUT2D eigenvalue weighted by atomic mass is 16.5. The van der Waals surface area contributed by atoms with Crippen molar-refractivity contribution >= 4 is 17.9 Å². The van der Waals surface area contributed by atoms with Gasteiger partial charge in [0.15, 0.2) is 0 Å². The Bertz CT molecular complexity index is 1750. The number of hydrogen-bond acceptors (Lipinski definition) is 6. The smallest absolute Gasteiger partial charge is 0.247 e. The van der Waals surface area contributed by atoms with E-state index in [1.165, 1.54) is 18.0 Å². The summed E-state index contributed by atoms with van der Waals surface area (Å²) in [7, 11) is 1.56. The van der Waals surface area contributed by atoms with Crippen molar-refractivity contribution in [3.05, 3.63) is 144 Å². The van der Waals surface area contributed by atoms with E-state index in [1.54, 1.807) is 41.4 Å². The van der Waals surface area contributed by atoms with Crippen LogP contribution in [0, 0.1) is 0 Å². The molecule has 1 unspecified atom stereocenters. The summed E-state index contributed by atoms with van der Waals surface area (Å²) in [6, 6.07) is 28.7. The minimum absolute atomic E-state index is 0.0690. The number of fused-ring (bicyclic) bond motifs is 1. The number of pyridine rings is 1. The quantitative estimate of drug-likeness (QED) is 0.212. The van der Waals surface area contributed by atoms with Gasteiger partial charge in [0.1, 0.15) is 18.7 Å². The number of hydrogen-bond donors (Lipinski definition) is 0. The molecule has 3 heterocycles. The van der Waals surface area contributed by atoms with Crippen molar-refractivity contribution in [3.8, 4) is 11.6 Å². The van der Waals surface area contributed by atoms with E-state index in [1.807, 2.05) is 77.7 Å². The molecule has 45 heavy (non-hydrogen) atoms. The SMILES string of the molecule is COc1ccc(C=CC(=O)N(Cc2ccc(-n3cncn3)cc2)C(Cc2ccccc2)C(=O)N2CCc3ccccc3C2)cn1. The number of benzene rings is 3. The van der Waals surface area contributed by atoms with Gasteiger partial charge >= 0.3 is 0 Å². The van der Waals surface area contributed by atoms with Crippen LogP contribution in [0.2, 0.25) is 0 Å². The molecule has 0 fully saturated rings. The summed E-state index contributed by atoms with van der Waals surface area (Å²) in [5, 5.41) is 4.20. The number of carbonyl (C=O) groups is 2. The number of carbonyl (C=O) groups excluding carboxylic acids is 2. The Morgan fingerprint density at radius 3 is 2.42 bits per heavy atom. The van der Waals surface area contributed by atoms with Crippen LogP contribution in [0.1, 0.15) is 27.8 Å². The fraction of sp³-hybridized carbons (Fsp3) is 0.194. The number of aromatic nitrogens is 4. The third-order valence-corrected chi connectivity index (χ3v) is 8.02. The lowest BCUT2D eigenvalue weighted by Gasteiger charge is -2.37. The summed E-state index contributed by atoms with van der Waals surface area (Å²) in [6.45, 7) is 1.36. The topological polar surface area (TPSA) is 93.4 Å². The molecule has 0 radical (unpaired) electrons. The average Bonchev–Trinajstić information content (AvgIpc) is 3.64. The Labute approximate surface area is 262 Å². The third kappa shape index (κ3) is 7.15. The standard InChI is InChI=1S/C36H34N6O3/c1-45-34-17-13-28(22-38-34)14-18-35(43)41(23-29-11-15-32(16-12-29)42-26-37-25-39-42)33(21-27-7-3-2-4-8-27)36(44)40-20-19-30-9-5-6-10-31(30)24-40/h2-18,22,25-26,33H,19-21,23-24H2,1H3. The molecular weight excluding hydrogens is 564 g/mol. The van der Waals surface area contributed by atoms with Crippen molar-refractivity contribution in [1.82, 2.24) is 29.5 Å². The highest BCUT2D eigenvalue weighted by molar-refractivity contribution is 5.95. The summed E-state index contributed by atoms with van der Waals surface area (Å²) in [5.41, 5.74) is 5.88. The van der Waals surface area contributed by atoms with Gasteiger partial charge in [0.25, 0.3) is 0 Å². The van der Waals surface area contributed by atoms with Crippen molar-refractivity contribution in [3.63, 3.8) is 0 Å². The van der Waals surface area contributed by atoms with Gasteiger partial charge in [-0.15, -0.1) is 0 Å². The molecule has 3 aromatic carbocycles. The highest BCUT2D eigenvalue weighted by Gasteiger charge is 2.34.